The van der Waals surface area contributed by atoms with Crippen LogP contribution in [0.1, 0.15) is 5.56 Å². The molecule has 0 saturated carbocycles. The van der Waals surface area contributed by atoms with Gasteiger partial charge in [0.2, 0.25) is 0 Å². The van der Waals surface area contributed by atoms with Crippen LogP contribution in [0, 0.1) is 5.92 Å². The largest absolute Gasteiger partial charge is 0.511 e. The zero-order chi connectivity index (χ0) is 17.3. The molecular formula is C14H16NO7P. The van der Waals surface area contributed by atoms with Gasteiger partial charge in [0.25, 0.3) is 0 Å². The van der Waals surface area contributed by atoms with Gasteiger partial charge in [-0.05, 0) is 29.8 Å². The lowest BCUT2D eigenvalue weighted by atomic mass is 9.84. The fraction of sp³-hybridized carbons (Fsp3) is 0.214. The van der Waals surface area contributed by atoms with Crippen molar-refractivity contribution in [2.24, 2.45) is 10.7 Å². The van der Waals surface area contributed by atoms with E-state index in [0.29, 0.717) is 5.56 Å². The molecule has 0 bridgehead atoms. The fourth-order valence-electron chi connectivity index (χ4n) is 2.37. The van der Waals surface area contributed by atoms with Gasteiger partial charge >= 0.3 is 7.75 Å². The molecule has 124 valence electrons. The number of rotatable bonds is 4. The standard InChI is InChI=1S/C14H16NO7P/c16-10-4-1-3-9(7-10)8-14(18,19)13-11(15-23(20,21)22)5-2-6-12(13)17/h1-7,13,16-19H,8H2,(H2,20,21,22). The van der Waals surface area contributed by atoms with Gasteiger partial charge in [0, 0.05) is 6.42 Å². The van der Waals surface area contributed by atoms with Crippen molar-refractivity contribution in [1.29, 1.82) is 0 Å². The molecule has 0 radical (unpaired) electrons. The van der Waals surface area contributed by atoms with Crippen LogP contribution in [0.15, 0.2) is 53.0 Å². The molecule has 23 heavy (non-hydrogen) atoms. The van der Waals surface area contributed by atoms with Crippen molar-refractivity contribution in [3.63, 3.8) is 0 Å². The molecule has 8 nitrogen and oxygen atoms in total. The third-order valence-electron chi connectivity index (χ3n) is 3.21. The Kier molecular flexibility index (Phi) is 4.74. The molecule has 1 aromatic carbocycles. The molecule has 1 aliphatic carbocycles. The van der Waals surface area contributed by atoms with Crippen molar-refractivity contribution < 1.29 is 34.8 Å². The highest BCUT2D eigenvalue weighted by molar-refractivity contribution is 7.50. The van der Waals surface area contributed by atoms with E-state index < -0.39 is 31.6 Å². The summed E-state index contributed by atoms with van der Waals surface area (Å²) in [5, 5.41) is 40.0. The van der Waals surface area contributed by atoms with E-state index in [4.69, 9.17) is 9.79 Å². The maximum Gasteiger partial charge on any atom is 0.448 e. The molecule has 0 aromatic heterocycles. The Bertz CT molecular complexity index is 732. The Balaban J connectivity index is 2.38. The molecule has 0 fully saturated rings. The highest BCUT2D eigenvalue weighted by Crippen LogP contribution is 2.40. The minimum Gasteiger partial charge on any atom is -0.511 e. The zero-order valence-electron chi connectivity index (χ0n) is 11.8. The molecule has 0 heterocycles. The first-order chi connectivity index (χ1) is 10.6. The van der Waals surface area contributed by atoms with Crippen LogP contribution in [0.25, 0.3) is 0 Å². The van der Waals surface area contributed by atoms with Crippen molar-refractivity contribution in [3.8, 4) is 5.75 Å². The highest BCUT2D eigenvalue weighted by Gasteiger charge is 2.42. The number of aliphatic hydroxyl groups excluding tert-OH is 1. The predicted octanol–water partition coefficient (Wildman–Crippen LogP) is 0.777. The molecule has 1 aliphatic rings. The highest BCUT2D eigenvalue weighted by atomic mass is 31.2. The molecule has 1 unspecified atom stereocenters. The van der Waals surface area contributed by atoms with Gasteiger partial charge in [0.15, 0.2) is 5.79 Å². The van der Waals surface area contributed by atoms with E-state index in [-0.39, 0.29) is 11.5 Å². The van der Waals surface area contributed by atoms with Gasteiger partial charge in [-0.15, -0.1) is 0 Å². The van der Waals surface area contributed by atoms with E-state index in [9.17, 15) is 25.0 Å². The molecule has 6 N–H and O–H groups in total. The van der Waals surface area contributed by atoms with Crippen LogP contribution in [0.3, 0.4) is 0 Å². The first-order valence-electron chi connectivity index (χ1n) is 6.54. The smallest absolute Gasteiger partial charge is 0.448 e. The van der Waals surface area contributed by atoms with Gasteiger partial charge < -0.3 is 30.2 Å². The Labute approximate surface area is 131 Å². The number of hydrogen-bond donors (Lipinski definition) is 6. The second-order valence-electron chi connectivity index (χ2n) is 5.15. The molecule has 0 saturated heterocycles. The monoisotopic (exact) mass is 341 g/mol. The Morgan fingerprint density at radius 3 is 2.52 bits per heavy atom. The number of nitrogens with zero attached hydrogens (tertiary/aromatic N) is 1. The number of hydrogen-bond acceptors (Lipinski definition) is 5. The molecule has 1 aromatic rings. The summed E-state index contributed by atoms with van der Waals surface area (Å²) in [5.41, 5.74) is -0.00336. The number of phenolic OH excluding ortho intramolecular Hbond substituents is 1. The quantitative estimate of drug-likeness (QED) is 0.350. The van der Waals surface area contributed by atoms with Gasteiger partial charge in [-0.2, -0.15) is 4.76 Å². The van der Waals surface area contributed by atoms with Crippen molar-refractivity contribution in [3.05, 3.63) is 53.8 Å². The Hall–Kier alpha value is -1.96. The maximum atomic E-state index is 11.1. The minimum absolute atomic E-state index is 0.0780. The van der Waals surface area contributed by atoms with E-state index in [0.717, 1.165) is 0 Å². The SMILES string of the molecule is O=P(O)(O)N=C1C=CC=C(O)C1C(O)(O)Cc1cccc(O)c1. The topological polar surface area (TPSA) is 151 Å². The Morgan fingerprint density at radius 2 is 1.91 bits per heavy atom. The van der Waals surface area contributed by atoms with Gasteiger partial charge in [-0.3, -0.25) is 0 Å². The Morgan fingerprint density at radius 1 is 1.22 bits per heavy atom. The summed E-state index contributed by atoms with van der Waals surface area (Å²) in [6.45, 7) is 0. The van der Waals surface area contributed by atoms with Gasteiger partial charge in [0.05, 0.1) is 5.71 Å². The van der Waals surface area contributed by atoms with E-state index >= 15 is 0 Å². The lowest BCUT2D eigenvalue weighted by molar-refractivity contribution is -0.179. The van der Waals surface area contributed by atoms with Crippen LogP contribution in [-0.4, -0.2) is 41.7 Å². The summed E-state index contributed by atoms with van der Waals surface area (Å²) in [4.78, 5) is 17.9. The molecule has 0 aliphatic heterocycles. The number of phenols is 1. The number of aliphatic hydroxyl groups is 3. The summed E-state index contributed by atoms with van der Waals surface area (Å²) >= 11 is 0. The lowest BCUT2D eigenvalue weighted by Crippen LogP contribution is -2.45. The average molecular weight is 341 g/mol. The van der Waals surface area contributed by atoms with Crippen LogP contribution < -0.4 is 0 Å². The van der Waals surface area contributed by atoms with Gasteiger partial charge in [-0.25, -0.2) is 4.57 Å². The first kappa shape index (κ1) is 17.4. The molecular weight excluding hydrogens is 325 g/mol. The summed E-state index contributed by atoms with van der Waals surface area (Å²) < 4.78 is 14.2. The van der Waals surface area contributed by atoms with Crippen molar-refractivity contribution >= 4 is 13.5 Å². The third-order valence-corrected chi connectivity index (χ3v) is 3.70. The summed E-state index contributed by atoms with van der Waals surface area (Å²) in [7, 11) is -4.82. The number of benzene rings is 1. The lowest BCUT2D eigenvalue weighted by Gasteiger charge is -2.32. The average Bonchev–Trinajstić information content (AvgIpc) is 2.35. The van der Waals surface area contributed by atoms with E-state index in [1.165, 1.54) is 42.5 Å². The van der Waals surface area contributed by atoms with E-state index in [1.807, 2.05) is 0 Å². The fourth-order valence-corrected chi connectivity index (χ4v) is 2.86. The van der Waals surface area contributed by atoms with E-state index in [2.05, 4.69) is 4.76 Å². The van der Waals surface area contributed by atoms with Gasteiger partial charge in [-0.1, -0.05) is 18.2 Å². The normalized spacial score (nSPS) is 20.6. The molecule has 2 rings (SSSR count). The van der Waals surface area contributed by atoms with Crippen molar-refractivity contribution in [2.45, 2.75) is 12.2 Å². The second kappa shape index (κ2) is 6.27. The van der Waals surface area contributed by atoms with Crippen LogP contribution >= 0.6 is 7.75 Å². The van der Waals surface area contributed by atoms with E-state index in [1.54, 1.807) is 0 Å². The zero-order valence-corrected chi connectivity index (χ0v) is 12.7. The number of aromatic hydroxyl groups is 1. The number of allylic oxidation sites excluding steroid dienone is 3. The predicted molar refractivity (Wildman–Crippen MR) is 81.8 cm³/mol. The molecule has 1 atom stereocenters. The third kappa shape index (κ3) is 4.51. The van der Waals surface area contributed by atoms with Crippen molar-refractivity contribution in [1.82, 2.24) is 0 Å². The minimum atomic E-state index is -4.82. The van der Waals surface area contributed by atoms with Crippen LogP contribution in [-0.2, 0) is 11.0 Å². The molecule has 9 heteroatoms. The molecule has 0 amide bonds. The summed E-state index contributed by atoms with van der Waals surface area (Å²) in [6, 6.07) is 5.74. The first-order valence-corrected chi connectivity index (χ1v) is 8.10. The van der Waals surface area contributed by atoms with Crippen LogP contribution in [0.2, 0.25) is 0 Å². The summed E-state index contributed by atoms with van der Waals surface area (Å²) in [6.07, 6.45) is 3.23. The van der Waals surface area contributed by atoms with Crippen LogP contribution in [0.5, 0.6) is 5.75 Å². The maximum absolute atomic E-state index is 11.1. The second-order valence-corrected chi connectivity index (χ2v) is 6.37. The van der Waals surface area contributed by atoms with Crippen LogP contribution in [0.4, 0.5) is 0 Å². The molecule has 0 spiro atoms. The van der Waals surface area contributed by atoms with Crippen molar-refractivity contribution in [2.75, 3.05) is 0 Å². The summed E-state index contributed by atoms with van der Waals surface area (Å²) in [5.74, 6) is -4.69. The van der Waals surface area contributed by atoms with Gasteiger partial charge in [0.1, 0.15) is 17.4 Å².